The molecule has 0 N–H and O–H groups in total. The third-order valence-corrected chi connectivity index (χ3v) is 4.63. The van der Waals surface area contributed by atoms with E-state index in [-0.39, 0.29) is 10.7 Å². The standard InChI is InChI=1S/C14H14N2O3S/c1-11(17)12-6-5-7-13(10-12)20(18,19)16(2)14-8-3-4-9-15-14/h3-10H,1-2H3. The number of carbonyl (C=O) groups excluding carboxylic acids is 1. The molecule has 6 heteroatoms. The predicted octanol–water partition coefficient (Wildman–Crippen LogP) is 2.11. The van der Waals surface area contributed by atoms with Gasteiger partial charge in [0.2, 0.25) is 0 Å². The highest BCUT2D eigenvalue weighted by Gasteiger charge is 2.22. The number of Topliss-reactive ketones (excluding diaryl/α,β-unsaturated/α-hetero) is 1. The molecular weight excluding hydrogens is 276 g/mol. The van der Waals surface area contributed by atoms with Crippen LogP contribution in [0.5, 0.6) is 0 Å². The monoisotopic (exact) mass is 290 g/mol. The fraction of sp³-hybridized carbons (Fsp3) is 0.143. The third kappa shape index (κ3) is 2.70. The van der Waals surface area contributed by atoms with Crippen molar-refractivity contribution in [3.63, 3.8) is 0 Å². The van der Waals surface area contributed by atoms with Crippen LogP contribution in [0.2, 0.25) is 0 Å². The minimum Gasteiger partial charge on any atom is -0.295 e. The summed E-state index contributed by atoms with van der Waals surface area (Å²) in [6.45, 7) is 1.40. The molecule has 1 aromatic heterocycles. The Morgan fingerprint density at radius 2 is 1.90 bits per heavy atom. The van der Waals surface area contributed by atoms with Gasteiger partial charge in [-0.25, -0.2) is 13.4 Å². The van der Waals surface area contributed by atoms with Crippen molar-refractivity contribution in [2.24, 2.45) is 0 Å². The number of nitrogens with zero attached hydrogens (tertiary/aromatic N) is 2. The van der Waals surface area contributed by atoms with Crippen molar-refractivity contribution < 1.29 is 13.2 Å². The fourth-order valence-corrected chi connectivity index (χ4v) is 2.89. The van der Waals surface area contributed by atoms with Gasteiger partial charge in [-0.2, -0.15) is 0 Å². The smallest absolute Gasteiger partial charge is 0.265 e. The number of anilines is 1. The Balaban J connectivity index is 2.45. The molecule has 2 aromatic rings. The number of sulfonamides is 1. The van der Waals surface area contributed by atoms with E-state index in [0.29, 0.717) is 11.4 Å². The average molecular weight is 290 g/mol. The molecule has 104 valence electrons. The average Bonchev–Trinajstić information content (AvgIpc) is 2.47. The first kappa shape index (κ1) is 14.2. The molecule has 0 spiro atoms. The maximum atomic E-state index is 12.5. The first-order valence-electron chi connectivity index (χ1n) is 5.94. The molecule has 1 heterocycles. The van der Waals surface area contributed by atoms with Crippen LogP contribution in [0, 0.1) is 0 Å². The summed E-state index contributed by atoms with van der Waals surface area (Å²) in [5.74, 6) is 0.142. The largest absolute Gasteiger partial charge is 0.295 e. The second-order valence-corrected chi connectivity index (χ2v) is 6.21. The molecule has 5 nitrogen and oxygen atoms in total. The minimum absolute atomic E-state index is 0.0679. The predicted molar refractivity (Wildman–Crippen MR) is 76.3 cm³/mol. The molecule has 0 radical (unpaired) electrons. The van der Waals surface area contributed by atoms with Gasteiger partial charge in [0, 0.05) is 18.8 Å². The lowest BCUT2D eigenvalue weighted by Crippen LogP contribution is -2.27. The molecule has 0 saturated heterocycles. The van der Waals surface area contributed by atoms with Crippen molar-refractivity contribution in [2.75, 3.05) is 11.4 Å². The Bertz CT molecular complexity index is 727. The molecule has 0 atom stereocenters. The molecule has 0 aliphatic rings. The van der Waals surface area contributed by atoms with Crippen molar-refractivity contribution in [3.8, 4) is 0 Å². The summed E-state index contributed by atoms with van der Waals surface area (Å²) in [4.78, 5) is 15.4. The summed E-state index contributed by atoms with van der Waals surface area (Å²) in [5.41, 5.74) is 0.362. The molecule has 1 aromatic carbocycles. The molecule has 2 rings (SSSR count). The van der Waals surface area contributed by atoms with E-state index < -0.39 is 10.0 Å². The Morgan fingerprint density at radius 1 is 1.15 bits per heavy atom. The van der Waals surface area contributed by atoms with Crippen LogP contribution in [0.15, 0.2) is 53.6 Å². The first-order valence-corrected chi connectivity index (χ1v) is 7.38. The highest BCUT2D eigenvalue weighted by Crippen LogP contribution is 2.20. The SMILES string of the molecule is CC(=O)c1cccc(S(=O)(=O)N(C)c2ccccn2)c1. The zero-order valence-electron chi connectivity index (χ0n) is 11.1. The van der Waals surface area contributed by atoms with Gasteiger partial charge in [-0.1, -0.05) is 18.2 Å². The Kier molecular flexibility index (Phi) is 3.85. The van der Waals surface area contributed by atoms with Crippen LogP contribution in [0.25, 0.3) is 0 Å². The van der Waals surface area contributed by atoms with E-state index in [1.165, 1.54) is 32.3 Å². The molecular formula is C14H14N2O3S. The van der Waals surface area contributed by atoms with Crippen LogP contribution in [-0.2, 0) is 10.0 Å². The molecule has 0 saturated carbocycles. The van der Waals surface area contributed by atoms with Crippen molar-refractivity contribution in [3.05, 3.63) is 54.2 Å². The number of benzene rings is 1. The van der Waals surface area contributed by atoms with Crippen LogP contribution in [0.4, 0.5) is 5.82 Å². The van der Waals surface area contributed by atoms with Crippen LogP contribution in [0.1, 0.15) is 17.3 Å². The highest BCUT2D eigenvalue weighted by molar-refractivity contribution is 7.92. The maximum absolute atomic E-state index is 12.5. The molecule has 0 bridgehead atoms. The van der Waals surface area contributed by atoms with Gasteiger partial charge in [-0.15, -0.1) is 0 Å². The first-order chi connectivity index (χ1) is 9.43. The lowest BCUT2D eigenvalue weighted by atomic mass is 10.2. The van der Waals surface area contributed by atoms with Crippen molar-refractivity contribution in [2.45, 2.75) is 11.8 Å². The van der Waals surface area contributed by atoms with Crippen LogP contribution in [0.3, 0.4) is 0 Å². The number of pyridine rings is 1. The van der Waals surface area contributed by atoms with Gasteiger partial charge in [0.05, 0.1) is 4.90 Å². The zero-order valence-corrected chi connectivity index (χ0v) is 12.0. The van der Waals surface area contributed by atoms with Gasteiger partial charge in [0.15, 0.2) is 5.78 Å². The summed E-state index contributed by atoms with van der Waals surface area (Å²) in [6, 6.07) is 11.0. The summed E-state index contributed by atoms with van der Waals surface area (Å²) in [7, 11) is -2.30. The van der Waals surface area contributed by atoms with Crippen LogP contribution >= 0.6 is 0 Å². The second-order valence-electron chi connectivity index (χ2n) is 4.24. The van der Waals surface area contributed by atoms with Crippen LogP contribution in [-0.4, -0.2) is 26.2 Å². The van der Waals surface area contributed by atoms with E-state index in [0.717, 1.165) is 4.31 Å². The number of carbonyl (C=O) groups is 1. The molecule has 0 amide bonds. The summed E-state index contributed by atoms with van der Waals surface area (Å²) in [5, 5.41) is 0. The van der Waals surface area contributed by atoms with E-state index in [2.05, 4.69) is 4.98 Å². The van der Waals surface area contributed by atoms with Gasteiger partial charge < -0.3 is 0 Å². The number of ketones is 1. The lowest BCUT2D eigenvalue weighted by Gasteiger charge is -2.18. The second kappa shape index (κ2) is 5.42. The summed E-state index contributed by atoms with van der Waals surface area (Å²) in [6.07, 6.45) is 1.52. The molecule has 0 aliphatic heterocycles. The van der Waals surface area contributed by atoms with Gasteiger partial charge in [0.1, 0.15) is 5.82 Å². The minimum atomic E-state index is -3.73. The molecule has 20 heavy (non-hydrogen) atoms. The van der Waals surface area contributed by atoms with Gasteiger partial charge >= 0.3 is 0 Å². The van der Waals surface area contributed by atoms with E-state index >= 15 is 0 Å². The van der Waals surface area contributed by atoms with Gasteiger partial charge in [-0.05, 0) is 31.2 Å². The van der Waals surface area contributed by atoms with Gasteiger partial charge in [0.25, 0.3) is 10.0 Å². The fourth-order valence-electron chi connectivity index (χ4n) is 1.70. The number of rotatable bonds is 4. The van der Waals surface area contributed by atoms with Crippen LogP contribution < -0.4 is 4.31 Å². The molecule has 0 fully saturated rings. The number of hydrogen-bond acceptors (Lipinski definition) is 4. The number of aromatic nitrogens is 1. The normalized spacial score (nSPS) is 11.1. The Hall–Kier alpha value is -2.21. The molecule has 0 aliphatic carbocycles. The van der Waals surface area contributed by atoms with Gasteiger partial charge in [-0.3, -0.25) is 9.10 Å². The quantitative estimate of drug-likeness (QED) is 0.809. The third-order valence-electron chi connectivity index (χ3n) is 2.87. The Labute approximate surface area is 117 Å². The summed E-state index contributed by atoms with van der Waals surface area (Å²) >= 11 is 0. The van der Waals surface area contributed by atoms with Crippen molar-refractivity contribution in [1.29, 1.82) is 0 Å². The topological polar surface area (TPSA) is 67.3 Å². The van der Waals surface area contributed by atoms with E-state index in [1.54, 1.807) is 30.3 Å². The van der Waals surface area contributed by atoms with Crippen molar-refractivity contribution in [1.82, 2.24) is 4.98 Å². The van der Waals surface area contributed by atoms with E-state index in [9.17, 15) is 13.2 Å². The van der Waals surface area contributed by atoms with E-state index in [1.807, 2.05) is 0 Å². The Morgan fingerprint density at radius 3 is 2.50 bits per heavy atom. The van der Waals surface area contributed by atoms with E-state index in [4.69, 9.17) is 0 Å². The number of hydrogen-bond donors (Lipinski definition) is 0. The lowest BCUT2D eigenvalue weighted by molar-refractivity contribution is 0.101. The summed E-state index contributed by atoms with van der Waals surface area (Å²) < 4.78 is 26.1. The highest BCUT2D eigenvalue weighted by atomic mass is 32.2. The van der Waals surface area contributed by atoms with Crippen molar-refractivity contribution >= 4 is 21.6 Å². The zero-order chi connectivity index (χ0) is 14.8. The maximum Gasteiger partial charge on any atom is 0.265 e. The molecule has 0 unspecified atom stereocenters.